The van der Waals surface area contributed by atoms with E-state index in [1.54, 1.807) is 0 Å². The van der Waals surface area contributed by atoms with Crippen molar-refractivity contribution in [2.45, 2.75) is 25.5 Å². The maximum atomic E-state index is 9.91. The fourth-order valence-corrected chi connectivity index (χ4v) is 2.27. The Morgan fingerprint density at radius 1 is 1.00 bits per heavy atom. The minimum Gasteiger partial charge on any atom is -0.491 e. The number of benzene rings is 2. The standard InChI is InChI=1S/C19H25NO3/c1-2-17(13-21)20-12-18(22)14-23-19-10-8-16(9-11-19)15-6-4-3-5-7-15/h3-11,17-18,20-22H,2,12-14H2,1H3/t17-,18+/m1/s1. The van der Waals surface area contributed by atoms with Gasteiger partial charge in [0, 0.05) is 12.6 Å². The second kappa shape index (κ2) is 9.30. The monoisotopic (exact) mass is 315 g/mol. The summed E-state index contributed by atoms with van der Waals surface area (Å²) in [6.45, 7) is 2.69. The summed E-state index contributed by atoms with van der Waals surface area (Å²) in [5.41, 5.74) is 2.30. The molecule has 2 atom stereocenters. The zero-order chi connectivity index (χ0) is 16.5. The normalized spacial score (nSPS) is 13.5. The molecule has 0 fully saturated rings. The molecule has 0 heterocycles. The van der Waals surface area contributed by atoms with Gasteiger partial charge in [-0.05, 0) is 29.7 Å². The van der Waals surface area contributed by atoms with Crippen molar-refractivity contribution in [1.82, 2.24) is 5.32 Å². The molecule has 0 radical (unpaired) electrons. The second-order valence-electron chi connectivity index (χ2n) is 5.55. The average Bonchev–Trinajstić information content (AvgIpc) is 2.62. The van der Waals surface area contributed by atoms with Crippen LogP contribution in [0.4, 0.5) is 0 Å². The van der Waals surface area contributed by atoms with Crippen LogP contribution in [0.25, 0.3) is 11.1 Å². The van der Waals surface area contributed by atoms with Gasteiger partial charge in [0.25, 0.3) is 0 Å². The molecular weight excluding hydrogens is 290 g/mol. The van der Waals surface area contributed by atoms with Crippen LogP contribution in [-0.2, 0) is 0 Å². The Morgan fingerprint density at radius 3 is 2.26 bits per heavy atom. The zero-order valence-corrected chi connectivity index (χ0v) is 13.5. The summed E-state index contributed by atoms with van der Waals surface area (Å²) in [5, 5.41) is 22.1. The van der Waals surface area contributed by atoms with E-state index in [9.17, 15) is 5.11 Å². The second-order valence-corrected chi connectivity index (χ2v) is 5.55. The molecule has 0 aliphatic carbocycles. The summed E-state index contributed by atoms with van der Waals surface area (Å²) >= 11 is 0. The highest BCUT2D eigenvalue weighted by atomic mass is 16.5. The molecule has 2 aromatic carbocycles. The van der Waals surface area contributed by atoms with E-state index in [-0.39, 0.29) is 19.3 Å². The Hall–Kier alpha value is -1.88. The number of rotatable bonds is 9. The van der Waals surface area contributed by atoms with E-state index in [0.29, 0.717) is 6.54 Å². The van der Waals surface area contributed by atoms with Crippen molar-refractivity contribution in [3.63, 3.8) is 0 Å². The minimum absolute atomic E-state index is 0.0230. The first-order valence-corrected chi connectivity index (χ1v) is 8.03. The van der Waals surface area contributed by atoms with E-state index in [1.165, 1.54) is 0 Å². The van der Waals surface area contributed by atoms with Gasteiger partial charge in [0.2, 0.25) is 0 Å². The van der Waals surface area contributed by atoms with Crippen LogP contribution >= 0.6 is 0 Å². The Bertz CT molecular complexity index is 553. The summed E-state index contributed by atoms with van der Waals surface area (Å²) in [5.74, 6) is 0.734. The number of hydrogen-bond donors (Lipinski definition) is 3. The van der Waals surface area contributed by atoms with Crippen LogP contribution in [0.15, 0.2) is 54.6 Å². The van der Waals surface area contributed by atoms with Gasteiger partial charge in [0.05, 0.1) is 6.61 Å². The molecule has 3 N–H and O–H groups in total. The molecule has 0 amide bonds. The molecule has 2 aromatic rings. The highest BCUT2D eigenvalue weighted by Crippen LogP contribution is 2.22. The molecule has 23 heavy (non-hydrogen) atoms. The molecule has 124 valence electrons. The predicted octanol–water partition coefficient (Wildman–Crippen LogP) is 2.45. The van der Waals surface area contributed by atoms with Crippen LogP contribution in [0.1, 0.15) is 13.3 Å². The fourth-order valence-electron chi connectivity index (χ4n) is 2.27. The molecule has 0 saturated carbocycles. The van der Waals surface area contributed by atoms with Crippen molar-refractivity contribution in [1.29, 1.82) is 0 Å². The molecule has 0 aliphatic heterocycles. The van der Waals surface area contributed by atoms with E-state index in [2.05, 4.69) is 17.4 Å². The molecule has 0 spiro atoms. The topological polar surface area (TPSA) is 61.7 Å². The van der Waals surface area contributed by atoms with Gasteiger partial charge in [-0.3, -0.25) is 0 Å². The zero-order valence-electron chi connectivity index (χ0n) is 13.5. The van der Waals surface area contributed by atoms with Crippen LogP contribution in [0.3, 0.4) is 0 Å². The van der Waals surface area contributed by atoms with E-state index in [4.69, 9.17) is 9.84 Å². The van der Waals surface area contributed by atoms with Crippen molar-refractivity contribution < 1.29 is 14.9 Å². The number of aliphatic hydroxyl groups excluding tert-OH is 2. The first kappa shape index (κ1) is 17.5. The van der Waals surface area contributed by atoms with Gasteiger partial charge >= 0.3 is 0 Å². The van der Waals surface area contributed by atoms with Gasteiger partial charge in [0.1, 0.15) is 18.5 Å². The van der Waals surface area contributed by atoms with E-state index < -0.39 is 6.10 Å². The maximum absolute atomic E-state index is 9.91. The first-order chi connectivity index (χ1) is 11.2. The lowest BCUT2D eigenvalue weighted by Gasteiger charge is -2.18. The third kappa shape index (κ3) is 5.67. The van der Waals surface area contributed by atoms with Gasteiger partial charge in [-0.15, -0.1) is 0 Å². The maximum Gasteiger partial charge on any atom is 0.119 e. The molecule has 4 nitrogen and oxygen atoms in total. The van der Waals surface area contributed by atoms with Gasteiger partial charge in [-0.1, -0.05) is 49.4 Å². The average molecular weight is 315 g/mol. The summed E-state index contributed by atoms with van der Waals surface area (Å²) < 4.78 is 5.61. The van der Waals surface area contributed by atoms with Gasteiger partial charge in [-0.2, -0.15) is 0 Å². The van der Waals surface area contributed by atoms with Gasteiger partial charge in [-0.25, -0.2) is 0 Å². The Kier molecular flexibility index (Phi) is 7.07. The Labute approximate surface area is 137 Å². The van der Waals surface area contributed by atoms with Gasteiger partial charge in [0.15, 0.2) is 0 Å². The summed E-state index contributed by atoms with van der Waals surface area (Å²) in [6.07, 6.45) is 0.217. The van der Waals surface area contributed by atoms with Crippen LogP contribution in [0, 0.1) is 0 Å². The minimum atomic E-state index is -0.607. The lowest BCUT2D eigenvalue weighted by Crippen LogP contribution is -2.39. The van der Waals surface area contributed by atoms with Crippen molar-refractivity contribution in [3.05, 3.63) is 54.6 Å². The smallest absolute Gasteiger partial charge is 0.119 e. The molecule has 0 saturated heterocycles. The molecule has 0 bridgehead atoms. The van der Waals surface area contributed by atoms with Crippen molar-refractivity contribution in [2.75, 3.05) is 19.8 Å². The molecular formula is C19H25NO3. The molecule has 0 unspecified atom stereocenters. The largest absolute Gasteiger partial charge is 0.491 e. The highest BCUT2D eigenvalue weighted by Gasteiger charge is 2.09. The van der Waals surface area contributed by atoms with Crippen molar-refractivity contribution >= 4 is 0 Å². The van der Waals surface area contributed by atoms with Crippen LogP contribution in [0.5, 0.6) is 5.75 Å². The Balaban J connectivity index is 1.80. The van der Waals surface area contributed by atoms with Crippen LogP contribution < -0.4 is 10.1 Å². The molecule has 0 aliphatic rings. The van der Waals surface area contributed by atoms with Crippen molar-refractivity contribution in [2.24, 2.45) is 0 Å². The third-order valence-electron chi connectivity index (χ3n) is 3.76. The number of aliphatic hydroxyl groups is 2. The Morgan fingerprint density at radius 2 is 1.65 bits per heavy atom. The number of nitrogens with one attached hydrogen (secondary N) is 1. The lowest BCUT2D eigenvalue weighted by molar-refractivity contribution is 0.0995. The summed E-state index contributed by atoms with van der Waals surface area (Å²) in [7, 11) is 0. The number of ether oxygens (including phenoxy) is 1. The highest BCUT2D eigenvalue weighted by molar-refractivity contribution is 5.63. The SMILES string of the molecule is CC[C@H](CO)NC[C@H](O)COc1ccc(-c2ccccc2)cc1. The first-order valence-electron chi connectivity index (χ1n) is 8.03. The van der Waals surface area contributed by atoms with Crippen LogP contribution in [-0.4, -0.2) is 42.1 Å². The lowest BCUT2D eigenvalue weighted by atomic mass is 10.1. The molecule has 4 heteroatoms. The van der Waals surface area contributed by atoms with E-state index >= 15 is 0 Å². The summed E-state index contributed by atoms with van der Waals surface area (Å²) in [4.78, 5) is 0. The summed E-state index contributed by atoms with van der Waals surface area (Å²) in [6, 6.07) is 18.0. The quantitative estimate of drug-likeness (QED) is 0.665. The predicted molar refractivity (Wildman–Crippen MR) is 92.5 cm³/mol. The fraction of sp³-hybridized carbons (Fsp3) is 0.368. The van der Waals surface area contributed by atoms with Crippen molar-refractivity contribution in [3.8, 4) is 16.9 Å². The third-order valence-corrected chi connectivity index (χ3v) is 3.76. The van der Waals surface area contributed by atoms with E-state index in [0.717, 1.165) is 23.3 Å². The molecule has 2 rings (SSSR count). The number of hydrogen-bond acceptors (Lipinski definition) is 4. The van der Waals surface area contributed by atoms with Crippen LogP contribution in [0.2, 0.25) is 0 Å². The molecule has 0 aromatic heterocycles. The van der Waals surface area contributed by atoms with E-state index in [1.807, 2.05) is 49.4 Å². The van der Waals surface area contributed by atoms with Gasteiger partial charge < -0.3 is 20.3 Å².